The molecule has 1 unspecified atom stereocenters. The molecular formula is C14H13BrN2O2. The third kappa shape index (κ3) is 3.32. The summed E-state index contributed by atoms with van der Waals surface area (Å²) in [4.78, 5) is 14.9. The fourth-order valence-electron chi connectivity index (χ4n) is 1.76. The van der Waals surface area contributed by atoms with Crippen molar-refractivity contribution in [3.63, 3.8) is 0 Å². The summed E-state index contributed by atoms with van der Waals surface area (Å²) >= 11 is 3.39. The summed E-state index contributed by atoms with van der Waals surface area (Å²) in [6.45, 7) is 1.98. The number of benzene rings is 1. The Hall–Kier alpha value is -1.88. The van der Waals surface area contributed by atoms with Gasteiger partial charge < -0.3 is 10.4 Å². The molecule has 4 nitrogen and oxygen atoms in total. The fourth-order valence-corrected chi connectivity index (χ4v) is 2.02. The zero-order valence-corrected chi connectivity index (χ0v) is 11.9. The molecule has 1 aromatic carbocycles. The molecule has 0 aliphatic rings. The summed E-state index contributed by atoms with van der Waals surface area (Å²) in [7, 11) is 0. The highest BCUT2D eigenvalue weighted by Gasteiger charge is 2.12. The number of aromatic carboxylic acids is 1. The Balaban J connectivity index is 2.21. The highest BCUT2D eigenvalue weighted by Crippen LogP contribution is 2.23. The van der Waals surface area contributed by atoms with Crippen molar-refractivity contribution in [3.8, 4) is 0 Å². The van der Waals surface area contributed by atoms with E-state index in [9.17, 15) is 4.79 Å². The van der Waals surface area contributed by atoms with E-state index in [0.29, 0.717) is 5.69 Å². The van der Waals surface area contributed by atoms with Crippen LogP contribution in [0.3, 0.4) is 0 Å². The molecule has 0 bridgehead atoms. The van der Waals surface area contributed by atoms with Gasteiger partial charge in [0.1, 0.15) is 5.56 Å². The minimum atomic E-state index is -0.987. The van der Waals surface area contributed by atoms with Crippen LogP contribution in [0.25, 0.3) is 0 Å². The minimum Gasteiger partial charge on any atom is -0.478 e. The number of carboxylic acid groups (broad SMARTS) is 1. The number of hydrogen-bond acceptors (Lipinski definition) is 3. The largest absolute Gasteiger partial charge is 0.478 e. The zero-order chi connectivity index (χ0) is 13.8. The molecule has 0 aliphatic carbocycles. The quantitative estimate of drug-likeness (QED) is 0.901. The van der Waals surface area contributed by atoms with Crippen LogP contribution in [0.2, 0.25) is 0 Å². The Bertz CT molecular complexity index is 584. The summed E-state index contributed by atoms with van der Waals surface area (Å²) in [5.74, 6) is -0.987. The van der Waals surface area contributed by atoms with Crippen LogP contribution in [-0.4, -0.2) is 16.1 Å². The maximum absolute atomic E-state index is 11.1. The van der Waals surface area contributed by atoms with Crippen LogP contribution in [0.4, 0.5) is 5.69 Å². The Kier molecular flexibility index (Phi) is 4.16. The van der Waals surface area contributed by atoms with Gasteiger partial charge in [0.15, 0.2) is 0 Å². The third-order valence-corrected chi connectivity index (χ3v) is 3.32. The number of aromatic nitrogens is 1. The second-order valence-corrected chi connectivity index (χ2v) is 5.06. The van der Waals surface area contributed by atoms with E-state index in [4.69, 9.17) is 5.11 Å². The molecule has 1 aromatic heterocycles. The predicted octanol–water partition coefficient (Wildman–Crippen LogP) is 3.72. The van der Waals surface area contributed by atoms with Crippen LogP contribution >= 0.6 is 15.9 Å². The number of nitrogens with one attached hydrogen (secondary N) is 1. The molecule has 19 heavy (non-hydrogen) atoms. The van der Waals surface area contributed by atoms with Gasteiger partial charge in [0.25, 0.3) is 0 Å². The average molecular weight is 321 g/mol. The first-order chi connectivity index (χ1) is 9.08. The van der Waals surface area contributed by atoms with Crippen molar-refractivity contribution in [1.29, 1.82) is 0 Å². The molecule has 2 rings (SSSR count). The smallest absolute Gasteiger partial charge is 0.339 e. The van der Waals surface area contributed by atoms with Crippen molar-refractivity contribution in [1.82, 2.24) is 4.98 Å². The van der Waals surface area contributed by atoms with Gasteiger partial charge in [0, 0.05) is 22.9 Å². The molecule has 5 heteroatoms. The van der Waals surface area contributed by atoms with Crippen molar-refractivity contribution in [2.75, 3.05) is 5.32 Å². The lowest BCUT2D eigenvalue weighted by molar-refractivity contribution is 0.0697. The Morgan fingerprint density at radius 3 is 2.63 bits per heavy atom. The SMILES string of the molecule is CC(Nc1ccncc1C(=O)O)c1ccc(Br)cc1. The number of pyridine rings is 1. The first-order valence-corrected chi connectivity index (χ1v) is 6.56. The van der Waals surface area contributed by atoms with Crippen molar-refractivity contribution in [2.24, 2.45) is 0 Å². The van der Waals surface area contributed by atoms with Gasteiger partial charge in [-0.05, 0) is 30.7 Å². The molecule has 2 aromatic rings. The molecule has 0 aliphatic heterocycles. The monoisotopic (exact) mass is 320 g/mol. The molecule has 1 heterocycles. The molecule has 0 saturated carbocycles. The lowest BCUT2D eigenvalue weighted by Crippen LogP contribution is -2.10. The van der Waals surface area contributed by atoms with Gasteiger partial charge in [-0.15, -0.1) is 0 Å². The lowest BCUT2D eigenvalue weighted by Gasteiger charge is -2.17. The van der Waals surface area contributed by atoms with Gasteiger partial charge in [-0.1, -0.05) is 28.1 Å². The normalized spacial score (nSPS) is 11.9. The molecule has 1 atom stereocenters. The minimum absolute atomic E-state index is 0.00796. The van der Waals surface area contributed by atoms with E-state index >= 15 is 0 Å². The first kappa shape index (κ1) is 13.5. The summed E-state index contributed by atoms with van der Waals surface area (Å²) in [5, 5.41) is 12.3. The van der Waals surface area contributed by atoms with E-state index in [1.807, 2.05) is 31.2 Å². The van der Waals surface area contributed by atoms with E-state index in [1.165, 1.54) is 6.20 Å². The number of nitrogens with zero attached hydrogens (tertiary/aromatic N) is 1. The second kappa shape index (κ2) is 5.84. The molecular weight excluding hydrogens is 308 g/mol. The van der Waals surface area contributed by atoms with E-state index in [1.54, 1.807) is 12.3 Å². The van der Waals surface area contributed by atoms with Crippen molar-refractivity contribution in [3.05, 3.63) is 58.3 Å². The Morgan fingerprint density at radius 2 is 2.00 bits per heavy atom. The van der Waals surface area contributed by atoms with Gasteiger partial charge in [-0.25, -0.2) is 4.79 Å². The summed E-state index contributed by atoms with van der Waals surface area (Å²) in [5.41, 5.74) is 1.82. The van der Waals surface area contributed by atoms with E-state index in [2.05, 4.69) is 26.2 Å². The van der Waals surface area contributed by atoms with Crippen LogP contribution in [0, 0.1) is 0 Å². The Morgan fingerprint density at radius 1 is 1.32 bits per heavy atom. The summed E-state index contributed by atoms with van der Waals surface area (Å²) in [6.07, 6.45) is 2.92. The molecule has 0 fully saturated rings. The van der Waals surface area contributed by atoms with Crippen LogP contribution in [0.5, 0.6) is 0 Å². The van der Waals surface area contributed by atoms with Crippen LogP contribution in [-0.2, 0) is 0 Å². The number of carbonyl (C=O) groups is 1. The standard InChI is InChI=1S/C14H13BrN2O2/c1-9(10-2-4-11(15)5-3-10)17-13-6-7-16-8-12(13)14(18)19/h2-9H,1H3,(H,16,17)(H,18,19). The average Bonchev–Trinajstić information content (AvgIpc) is 2.39. The van der Waals surface area contributed by atoms with Crippen LogP contribution < -0.4 is 5.32 Å². The summed E-state index contributed by atoms with van der Waals surface area (Å²) < 4.78 is 1.01. The van der Waals surface area contributed by atoms with Crippen molar-refractivity contribution >= 4 is 27.6 Å². The van der Waals surface area contributed by atoms with Crippen molar-refractivity contribution in [2.45, 2.75) is 13.0 Å². The first-order valence-electron chi connectivity index (χ1n) is 5.77. The highest BCUT2D eigenvalue weighted by molar-refractivity contribution is 9.10. The van der Waals surface area contributed by atoms with Crippen LogP contribution in [0.1, 0.15) is 28.9 Å². The van der Waals surface area contributed by atoms with Gasteiger partial charge in [0.05, 0.1) is 5.69 Å². The van der Waals surface area contributed by atoms with Crippen LogP contribution in [0.15, 0.2) is 47.2 Å². The third-order valence-electron chi connectivity index (χ3n) is 2.79. The number of anilines is 1. The Labute approximate surface area is 119 Å². The predicted molar refractivity (Wildman–Crippen MR) is 77.4 cm³/mol. The summed E-state index contributed by atoms with van der Waals surface area (Å²) in [6, 6.07) is 9.57. The number of rotatable bonds is 4. The number of halogens is 1. The lowest BCUT2D eigenvalue weighted by atomic mass is 10.1. The second-order valence-electron chi connectivity index (χ2n) is 4.14. The molecule has 0 spiro atoms. The zero-order valence-electron chi connectivity index (χ0n) is 10.3. The fraction of sp³-hybridized carbons (Fsp3) is 0.143. The van der Waals surface area contributed by atoms with Gasteiger partial charge in [0.2, 0.25) is 0 Å². The van der Waals surface area contributed by atoms with E-state index in [-0.39, 0.29) is 11.6 Å². The molecule has 98 valence electrons. The molecule has 0 radical (unpaired) electrons. The molecule has 2 N–H and O–H groups in total. The van der Waals surface area contributed by atoms with Gasteiger partial charge >= 0.3 is 5.97 Å². The van der Waals surface area contributed by atoms with Gasteiger partial charge in [-0.3, -0.25) is 4.98 Å². The van der Waals surface area contributed by atoms with E-state index in [0.717, 1.165) is 10.0 Å². The molecule has 0 saturated heterocycles. The topological polar surface area (TPSA) is 62.2 Å². The number of hydrogen-bond donors (Lipinski definition) is 2. The maximum Gasteiger partial charge on any atom is 0.339 e. The van der Waals surface area contributed by atoms with E-state index < -0.39 is 5.97 Å². The van der Waals surface area contributed by atoms with Crippen molar-refractivity contribution < 1.29 is 9.90 Å². The highest BCUT2D eigenvalue weighted by atomic mass is 79.9. The number of carboxylic acids is 1. The van der Waals surface area contributed by atoms with Gasteiger partial charge in [-0.2, -0.15) is 0 Å². The maximum atomic E-state index is 11.1. The molecule has 0 amide bonds.